The van der Waals surface area contributed by atoms with E-state index in [0.717, 1.165) is 21.0 Å². The molecule has 3 aromatic heterocycles. The second-order valence-electron chi connectivity index (χ2n) is 7.17. The average Bonchev–Trinajstić information content (AvgIpc) is 3.39. The quantitative estimate of drug-likeness (QED) is 0.385. The largest absolute Gasteiger partial charge is 0.476 e. The average molecular weight is 492 g/mol. The molecule has 158 valence electrons. The summed E-state index contributed by atoms with van der Waals surface area (Å²) in [5.41, 5.74) is 4.61. The number of benzene rings is 1. The maximum atomic E-state index is 12.2. The van der Waals surface area contributed by atoms with Crippen molar-refractivity contribution in [2.45, 2.75) is 23.3 Å². The SMILES string of the molecule is Cc1nn(-c2nc3c(s2)SC(C)c2cc(Cl)c(Cl)cc2-3)c(C(=O)O)c1-c1cnn(C)c1. The maximum absolute atomic E-state index is 12.2. The highest BCUT2D eigenvalue weighted by molar-refractivity contribution is 8.01. The first-order valence-electron chi connectivity index (χ1n) is 9.23. The molecule has 0 saturated heterocycles. The lowest BCUT2D eigenvalue weighted by Gasteiger charge is -2.21. The van der Waals surface area contributed by atoms with Gasteiger partial charge in [0.15, 0.2) is 5.69 Å². The molecule has 0 amide bonds. The molecule has 1 atom stereocenters. The van der Waals surface area contributed by atoms with Gasteiger partial charge in [-0.3, -0.25) is 4.68 Å². The number of thiazole rings is 1. The summed E-state index contributed by atoms with van der Waals surface area (Å²) < 4.78 is 4.02. The van der Waals surface area contributed by atoms with Gasteiger partial charge in [-0.2, -0.15) is 14.9 Å². The standard InChI is InChI=1S/C20H15Cl2N5O2S2/c1-8-15(10-6-23-26(3)7-10)17(18(28)29)27(25-8)20-24-16-12-5-14(22)13(21)4-11(12)9(2)30-19(16)31-20/h4-7,9H,1-3H3,(H,28,29). The summed E-state index contributed by atoms with van der Waals surface area (Å²) in [5, 5.41) is 20.3. The maximum Gasteiger partial charge on any atom is 0.355 e. The minimum atomic E-state index is -1.08. The molecule has 1 N–H and O–H groups in total. The van der Waals surface area contributed by atoms with Gasteiger partial charge in [0.05, 0.1) is 31.8 Å². The third-order valence-corrected chi connectivity index (χ3v) is 8.19. The van der Waals surface area contributed by atoms with Crippen LogP contribution in [-0.4, -0.2) is 35.6 Å². The molecule has 4 heterocycles. The fourth-order valence-electron chi connectivity index (χ4n) is 3.72. The van der Waals surface area contributed by atoms with Gasteiger partial charge >= 0.3 is 5.97 Å². The van der Waals surface area contributed by atoms with Crippen molar-refractivity contribution in [2.24, 2.45) is 7.05 Å². The summed E-state index contributed by atoms with van der Waals surface area (Å²) in [6, 6.07) is 3.70. The van der Waals surface area contributed by atoms with Crippen molar-refractivity contribution >= 4 is 52.3 Å². The van der Waals surface area contributed by atoms with E-state index in [2.05, 4.69) is 17.1 Å². The molecule has 0 saturated carbocycles. The van der Waals surface area contributed by atoms with Gasteiger partial charge in [-0.1, -0.05) is 34.5 Å². The van der Waals surface area contributed by atoms with Gasteiger partial charge in [-0.05, 0) is 31.5 Å². The van der Waals surface area contributed by atoms with E-state index in [1.807, 2.05) is 12.1 Å². The predicted molar refractivity (Wildman–Crippen MR) is 123 cm³/mol. The third kappa shape index (κ3) is 3.27. The van der Waals surface area contributed by atoms with Gasteiger partial charge in [0.25, 0.3) is 0 Å². The number of aryl methyl sites for hydroxylation is 2. The Labute approximate surface area is 195 Å². The summed E-state index contributed by atoms with van der Waals surface area (Å²) in [4.78, 5) is 17.0. The number of fused-ring (bicyclic) bond motifs is 3. The number of carboxylic acid groups (broad SMARTS) is 1. The number of nitrogens with zero attached hydrogens (tertiary/aromatic N) is 5. The molecular weight excluding hydrogens is 477 g/mol. The van der Waals surface area contributed by atoms with Gasteiger partial charge in [0.2, 0.25) is 5.13 Å². The summed E-state index contributed by atoms with van der Waals surface area (Å²) >= 11 is 15.6. The van der Waals surface area contributed by atoms with E-state index >= 15 is 0 Å². The van der Waals surface area contributed by atoms with E-state index in [4.69, 9.17) is 28.2 Å². The summed E-state index contributed by atoms with van der Waals surface area (Å²) in [6.45, 7) is 3.88. The minimum Gasteiger partial charge on any atom is -0.476 e. The molecule has 0 fully saturated rings. The van der Waals surface area contributed by atoms with E-state index in [1.165, 1.54) is 16.0 Å². The number of hydrogen-bond acceptors (Lipinski definition) is 6. The molecule has 1 aliphatic heterocycles. The van der Waals surface area contributed by atoms with Crippen LogP contribution in [0.3, 0.4) is 0 Å². The second-order valence-corrected chi connectivity index (χ2v) is 10.6. The van der Waals surface area contributed by atoms with Gasteiger partial charge in [0.1, 0.15) is 0 Å². The van der Waals surface area contributed by atoms with Gasteiger partial charge < -0.3 is 5.11 Å². The van der Waals surface area contributed by atoms with E-state index in [0.29, 0.717) is 32.0 Å². The molecule has 1 unspecified atom stereocenters. The number of carboxylic acids is 1. The highest BCUT2D eigenvalue weighted by Crippen LogP contribution is 2.53. The summed E-state index contributed by atoms with van der Waals surface area (Å²) in [5.74, 6) is -1.08. The van der Waals surface area contributed by atoms with Crippen LogP contribution in [0.25, 0.3) is 27.5 Å². The highest BCUT2D eigenvalue weighted by Gasteiger charge is 2.31. The predicted octanol–water partition coefficient (Wildman–Crippen LogP) is 5.88. The number of aromatic carboxylic acids is 1. The Morgan fingerprint density at radius 2 is 2.00 bits per heavy atom. The Bertz CT molecular complexity index is 1370. The smallest absolute Gasteiger partial charge is 0.355 e. The lowest BCUT2D eigenvalue weighted by atomic mass is 10.0. The lowest BCUT2D eigenvalue weighted by molar-refractivity contribution is 0.0688. The van der Waals surface area contributed by atoms with E-state index in [9.17, 15) is 9.90 Å². The Morgan fingerprint density at radius 3 is 2.68 bits per heavy atom. The normalized spacial score (nSPS) is 15.1. The van der Waals surface area contributed by atoms with Crippen LogP contribution in [-0.2, 0) is 7.05 Å². The van der Waals surface area contributed by atoms with Gasteiger partial charge in [-0.25, -0.2) is 9.78 Å². The number of aromatic nitrogens is 5. The van der Waals surface area contributed by atoms with Crippen LogP contribution < -0.4 is 0 Å². The topological polar surface area (TPSA) is 85.8 Å². The molecular formula is C20H15Cl2N5O2S2. The minimum absolute atomic E-state index is 0.0593. The van der Waals surface area contributed by atoms with Crippen molar-refractivity contribution < 1.29 is 9.90 Å². The Balaban J connectivity index is 1.70. The molecule has 0 radical (unpaired) electrons. The van der Waals surface area contributed by atoms with Crippen molar-refractivity contribution in [2.75, 3.05) is 0 Å². The number of thioether (sulfide) groups is 1. The zero-order chi connectivity index (χ0) is 22.0. The first kappa shape index (κ1) is 20.6. The number of rotatable bonds is 3. The molecule has 0 bridgehead atoms. The van der Waals surface area contributed by atoms with Crippen LogP contribution in [0, 0.1) is 6.92 Å². The zero-order valence-electron chi connectivity index (χ0n) is 16.6. The van der Waals surface area contributed by atoms with Crippen LogP contribution in [0.4, 0.5) is 0 Å². The zero-order valence-corrected chi connectivity index (χ0v) is 19.7. The highest BCUT2D eigenvalue weighted by atomic mass is 35.5. The third-order valence-electron chi connectivity index (χ3n) is 5.09. The van der Waals surface area contributed by atoms with Crippen LogP contribution in [0.2, 0.25) is 10.0 Å². The second kappa shape index (κ2) is 7.37. The molecule has 0 aliphatic carbocycles. The van der Waals surface area contributed by atoms with Crippen molar-refractivity contribution in [1.82, 2.24) is 24.5 Å². The molecule has 0 spiro atoms. The fraction of sp³-hybridized carbons (Fsp3) is 0.200. The molecule has 4 aromatic rings. The first-order valence-corrected chi connectivity index (χ1v) is 11.7. The Kier molecular flexibility index (Phi) is 4.89. The van der Waals surface area contributed by atoms with Gasteiger partial charge in [0, 0.05) is 35.2 Å². The Morgan fingerprint density at radius 1 is 1.26 bits per heavy atom. The van der Waals surface area contributed by atoms with Crippen LogP contribution >= 0.6 is 46.3 Å². The summed E-state index contributed by atoms with van der Waals surface area (Å²) in [7, 11) is 1.78. The van der Waals surface area contributed by atoms with E-state index in [1.54, 1.807) is 42.8 Å². The molecule has 5 rings (SSSR count). The molecule has 1 aliphatic rings. The van der Waals surface area contributed by atoms with Crippen LogP contribution in [0.15, 0.2) is 28.7 Å². The fourth-order valence-corrected chi connectivity index (χ4v) is 6.59. The number of halogens is 2. The Hall–Kier alpha value is -2.33. The van der Waals surface area contributed by atoms with Crippen LogP contribution in [0.1, 0.15) is 33.9 Å². The monoisotopic (exact) mass is 491 g/mol. The van der Waals surface area contributed by atoms with Gasteiger partial charge in [-0.15, -0.1) is 11.8 Å². The number of hydrogen-bond donors (Lipinski definition) is 1. The molecule has 31 heavy (non-hydrogen) atoms. The summed E-state index contributed by atoms with van der Waals surface area (Å²) in [6.07, 6.45) is 3.40. The molecule has 7 nitrogen and oxygen atoms in total. The lowest BCUT2D eigenvalue weighted by Crippen LogP contribution is -2.09. The van der Waals surface area contributed by atoms with E-state index < -0.39 is 5.97 Å². The van der Waals surface area contributed by atoms with Crippen molar-refractivity contribution in [3.63, 3.8) is 0 Å². The van der Waals surface area contributed by atoms with Crippen LogP contribution in [0.5, 0.6) is 0 Å². The first-order chi connectivity index (χ1) is 14.7. The van der Waals surface area contributed by atoms with Crippen molar-refractivity contribution in [3.8, 4) is 27.5 Å². The van der Waals surface area contributed by atoms with Crippen molar-refractivity contribution in [1.29, 1.82) is 0 Å². The van der Waals surface area contributed by atoms with Crippen molar-refractivity contribution in [3.05, 3.63) is 51.5 Å². The number of carbonyl (C=O) groups is 1. The molecule has 1 aromatic carbocycles. The van der Waals surface area contributed by atoms with E-state index in [-0.39, 0.29) is 10.9 Å². The molecule has 11 heteroatoms.